The van der Waals surface area contributed by atoms with Crippen LogP contribution in [0.1, 0.15) is 80.0 Å². The average Bonchev–Trinajstić information content (AvgIpc) is 3.71. The number of aromatic nitrogens is 1. The number of benzene rings is 2. The summed E-state index contributed by atoms with van der Waals surface area (Å²) < 4.78 is 2.19. The number of allylic oxidation sites excluding steroid dienone is 1. The highest BCUT2D eigenvalue weighted by Gasteiger charge is 2.32. The molecule has 3 aromatic rings. The van der Waals surface area contributed by atoms with Gasteiger partial charge in [-0.05, 0) is 75.4 Å². The molecule has 4 rings (SSSR count). The van der Waals surface area contributed by atoms with E-state index in [1.54, 1.807) is 12.1 Å². The van der Waals surface area contributed by atoms with Crippen molar-refractivity contribution >= 4 is 45.1 Å². The highest BCUT2D eigenvalue weighted by Crippen LogP contribution is 2.32. The van der Waals surface area contributed by atoms with Crippen molar-refractivity contribution in [2.75, 3.05) is 0 Å². The zero-order chi connectivity index (χ0) is 25.8. The molecule has 0 aliphatic heterocycles. The molecule has 0 unspecified atom stereocenters. The zero-order valence-corrected chi connectivity index (χ0v) is 21.4. The first-order valence-electron chi connectivity index (χ1n) is 13.0. The number of aryl methyl sites for hydroxylation is 1. The minimum Gasteiger partial charge on any atom is -0.341 e. The summed E-state index contributed by atoms with van der Waals surface area (Å²) in [7, 11) is 0. The van der Waals surface area contributed by atoms with Crippen LogP contribution < -0.4 is 0 Å². The Morgan fingerprint density at radius 3 is 2.19 bits per heavy atom. The minimum atomic E-state index is -0.380. The third-order valence-corrected chi connectivity index (χ3v) is 7.09. The van der Waals surface area contributed by atoms with Gasteiger partial charge in [-0.2, -0.15) is 0 Å². The fourth-order valence-electron chi connectivity index (χ4n) is 4.73. The largest absolute Gasteiger partial charge is 0.341 e. The van der Waals surface area contributed by atoms with Crippen molar-refractivity contribution in [1.82, 2.24) is 4.57 Å². The molecule has 1 fully saturated rings. The van der Waals surface area contributed by atoms with Gasteiger partial charge < -0.3 is 9.40 Å². The first-order valence-corrected chi connectivity index (χ1v) is 13.0. The van der Waals surface area contributed by atoms with Crippen molar-refractivity contribution in [3.05, 3.63) is 60.2 Å². The number of nitrogens with zero attached hydrogens (tertiary/aromatic N) is 2. The van der Waals surface area contributed by atoms with Crippen molar-refractivity contribution in [1.29, 1.82) is 0 Å². The third-order valence-electron chi connectivity index (χ3n) is 7.09. The van der Waals surface area contributed by atoms with Crippen molar-refractivity contribution in [3.63, 3.8) is 0 Å². The van der Waals surface area contributed by atoms with E-state index >= 15 is 0 Å². The molecule has 0 spiro atoms. The lowest BCUT2D eigenvalue weighted by atomic mass is 9.92. The van der Waals surface area contributed by atoms with E-state index in [1.165, 1.54) is 0 Å². The van der Waals surface area contributed by atoms with Crippen LogP contribution in [0.5, 0.6) is 0 Å². The molecule has 6 heteroatoms. The summed E-state index contributed by atoms with van der Waals surface area (Å²) >= 11 is 0. The number of oxime groups is 1. The van der Waals surface area contributed by atoms with Crippen LogP contribution in [0.25, 0.3) is 21.8 Å². The topological polar surface area (TPSA) is 77.7 Å². The summed E-state index contributed by atoms with van der Waals surface area (Å²) in [5.41, 5.74) is 3.40. The van der Waals surface area contributed by atoms with Crippen molar-refractivity contribution in [3.8, 4) is 0 Å². The SMILES string of the molecule is C=CCC/C(=N/OC(=O)C1CC1)C(=O)c1ccc2c(c1)c1cc(C(=O)C(CC)CC)ccc1n2CC. The quantitative estimate of drug-likeness (QED) is 0.0918. The summed E-state index contributed by atoms with van der Waals surface area (Å²) in [6.07, 6.45) is 5.83. The van der Waals surface area contributed by atoms with E-state index in [-0.39, 0.29) is 35.1 Å². The molecule has 0 saturated heterocycles. The first-order chi connectivity index (χ1) is 17.4. The summed E-state index contributed by atoms with van der Waals surface area (Å²) in [5, 5.41) is 5.82. The highest BCUT2D eigenvalue weighted by molar-refractivity contribution is 6.46. The van der Waals surface area contributed by atoms with Crippen LogP contribution >= 0.6 is 0 Å². The molecule has 0 N–H and O–H groups in total. The Morgan fingerprint density at radius 2 is 1.64 bits per heavy atom. The fraction of sp³-hybridized carbons (Fsp3) is 0.400. The van der Waals surface area contributed by atoms with Crippen LogP contribution in [-0.4, -0.2) is 27.8 Å². The van der Waals surface area contributed by atoms with E-state index in [0.717, 1.165) is 54.0 Å². The second kappa shape index (κ2) is 11.0. The predicted octanol–water partition coefficient (Wildman–Crippen LogP) is 6.89. The minimum absolute atomic E-state index is 0.00101. The second-order valence-corrected chi connectivity index (χ2v) is 9.46. The number of hydrogen-bond donors (Lipinski definition) is 0. The maximum atomic E-state index is 13.4. The number of Topliss-reactive ketones (excluding diaryl/α,β-unsaturated/α-hetero) is 2. The molecule has 1 aromatic heterocycles. The number of carbonyl (C=O) groups is 3. The maximum Gasteiger partial charge on any atom is 0.338 e. The van der Waals surface area contributed by atoms with E-state index in [0.29, 0.717) is 24.0 Å². The number of hydrogen-bond acceptors (Lipinski definition) is 5. The monoisotopic (exact) mass is 486 g/mol. The molecule has 1 heterocycles. The normalized spacial score (nSPS) is 13.9. The Kier molecular flexibility index (Phi) is 7.82. The molecule has 0 radical (unpaired) electrons. The van der Waals surface area contributed by atoms with E-state index in [1.807, 2.05) is 44.2 Å². The highest BCUT2D eigenvalue weighted by atomic mass is 16.7. The van der Waals surface area contributed by atoms with Crippen LogP contribution in [0.2, 0.25) is 0 Å². The zero-order valence-electron chi connectivity index (χ0n) is 21.4. The predicted molar refractivity (Wildman–Crippen MR) is 144 cm³/mol. The molecule has 0 bridgehead atoms. The Hall–Kier alpha value is -3.54. The molecular weight excluding hydrogens is 452 g/mol. The van der Waals surface area contributed by atoms with E-state index in [9.17, 15) is 14.4 Å². The smallest absolute Gasteiger partial charge is 0.338 e. The van der Waals surface area contributed by atoms with Gasteiger partial charge in [-0.25, -0.2) is 4.79 Å². The number of rotatable bonds is 12. The summed E-state index contributed by atoms with van der Waals surface area (Å²) in [6.45, 7) is 10.6. The Bertz CT molecular complexity index is 1360. The number of ketones is 2. The van der Waals surface area contributed by atoms with Gasteiger partial charge in [0, 0.05) is 51.8 Å². The molecule has 0 amide bonds. The average molecular weight is 487 g/mol. The molecule has 2 aromatic carbocycles. The van der Waals surface area contributed by atoms with E-state index < -0.39 is 0 Å². The second-order valence-electron chi connectivity index (χ2n) is 9.46. The summed E-state index contributed by atoms with van der Waals surface area (Å²) in [5.74, 6) is -0.596. The Labute approximate surface area is 212 Å². The Morgan fingerprint density at radius 1 is 1.03 bits per heavy atom. The van der Waals surface area contributed by atoms with Gasteiger partial charge in [0.05, 0.1) is 5.92 Å². The van der Waals surface area contributed by atoms with Crippen molar-refractivity contribution in [2.45, 2.75) is 65.8 Å². The van der Waals surface area contributed by atoms with Gasteiger partial charge in [0.2, 0.25) is 5.78 Å². The molecule has 1 aliphatic carbocycles. The van der Waals surface area contributed by atoms with Crippen LogP contribution in [-0.2, 0) is 16.2 Å². The van der Waals surface area contributed by atoms with E-state index in [4.69, 9.17) is 4.84 Å². The van der Waals surface area contributed by atoms with E-state index in [2.05, 4.69) is 23.2 Å². The van der Waals surface area contributed by atoms with Gasteiger partial charge in [-0.3, -0.25) is 9.59 Å². The van der Waals surface area contributed by atoms with Crippen LogP contribution in [0.3, 0.4) is 0 Å². The molecule has 0 atom stereocenters. The maximum absolute atomic E-state index is 13.4. The molecule has 6 nitrogen and oxygen atoms in total. The summed E-state index contributed by atoms with van der Waals surface area (Å²) in [4.78, 5) is 43.6. The van der Waals surface area contributed by atoms with Gasteiger partial charge in [-0.1, -0.05) is 25.1 Å². The number of carbonyl (C=O) groups excluding carboxylic acids is 3. The van der Waals surface area contributed by atoms with Crippen LogP contribution in [0.4, 0.5) is 0 Å². The number of fused-ring (bicyclic) bond motifs is 3. The van der Waals surface area contributed by atoms with Crippen molar-refractivity contribution < 1.29 is 19.2 Å². The fourth-order valence-corrected chi connectivity index (χ4v) is 4.73. The third kappa shape index (κ3) is 5.03. The summed E-state index contributed by atoms with van der Waals surface area (Å²) in [6, 6.07) is 11.5. The standard InChI is InChI=1S/C30H34N2O4/c1-5-9-10-25(31-36-30(35)20-11-12-20)29(34)22-14-16-27-24(18-22)23-17-21(28(33)19(6-2)7-3)13-15-26(23)32(27)8-4/h5,13-20H,1,6-12H2,2-4H3/b31-25-. The lowest BCUT2D eigenvalue weighted by molar-refractivity contribution is -0.145. The van der Waals surface area contributed by atoms with Crippen LogP contribution in [0.15, 0.2) is 54.2 Å². The van der Waals surface area contributed by atoms with Gasteiger partial charge in [0.15, 0.2) is 5.78 Å². The van der Waals surface area contributed by atoms with Gasteiger partial charge in [0.25, 0.3) is 0 Å². The van der Waals surface area contributed by atoms with Gasteiger partial charge in [-0.15, -0.1) is 6.58 Å². The molecule has 188 valence electrons. The lowest BCUT2D eigenvalue weighted by Gasteiger charge is -2.11. The van der Waals surface area contributed by atoms with Gasteiger partial charge >= 0.3 is 5.97 Å². The Balaban J connectivity index is 1.76. The van der Waals surface area contributed by atoms with Crippen LogP contribution in [0, 0.1) is 11.8 Å². The van der Waals surface area contributed by atoms with Crippen molar-refractivity contribution in [2.24, 2.45) is 17.0 Å². The first kappa shape index (κ1) is 25.5. The molecule has 1 aliphatic rings. The molecular formula is C30H34N2O4. The molecule has 36 heavy (non-hydrogen) atoms. The van der Waals surface area contributed by atoms with Gasteiger partial charge in [0.1, 0.15) is 5.71 Å². The molecule has 1 saturated carbocycles. The lowest BCUT2D eigenvalue weighted by Crippen LogP contribution is -2.16.